The van der Waals surface area contributed by atoms with Gasteiger partial charge in [0.15, 0.2) is 12.4 Å². The van der Waals surface area contributed by atoms with Crippen LogP contribution in [-0.4, -0.2) is 43.7 Å². The van der Waals surface area contributed by atoms with Crippen molar-refractivity contribution in [1.82, 2.24) is 5.32 Å². The van der Waals surface area contributed by atoms with Crippen LogP contribution in [0.25, 0.3) is 0 Å². The summed E-state index contributed by atoms with van der Waals surface area (Å²) in [6.45, 7) is -3.19. The van der Waals surface area contributed by atoms with Crippen LogP contribution < -0.4 is 14.8 Å². The summed E-state index contributed by atoms with van der Waals surface area (Å²) < 4.78 is 38.2. The number of amides is 1. The van der Waals surface area contributed by atoms with E-state index in [0.717, 1.165) is 24.8 Å². The molecule has 0 heterocycles. The highest BCUT2D eigenvalue weighted by atomic mass is 19.3. The molecule has 2 rings (SSSR count). The summed E-state index contributed by atoms with van der Waals surface area (Å²) in [6.07, 6.45) is 0.415. The number of ether oxygens (including phenoxy) is 3. The fourth-order valence-electron chi connectivity index (χ4n) is 2.40. The van der Waals surface area contributed by atoms with Crippen LogP contribution in [0.15, 0.2) is 42.5 Å². The van der Waals surface area contributed by atoms with Gasteiger partial charge in [0, 0.05) is 18.7 Å². The van der Waals surface area contributed by atoms with Crippen LogP contribution in [0.3, 0.4) is 0 Å². The van der Waals surface area contributed by atoms with Crippen LogP contribution >= 0.6 is 0 Å². The molecule has 0 saturated carbocycles. The molecule has 0 radical (unpaired) electrons. The SMILES string of the molecule is COC(=O)c1ccc([N+](=O)[O-])c(OCC(=O)NCCc2ccc(OC(F)F)cc2)c1. The average Bonchev–Trinajstić information content (AvgIpc) is 2.72. The van der Waals surface area contributed by atoms with Gasteiger partial charge < -0.3 is 19.5 Å². The van der Waals surface area contributed by atoms with Crippen LogP contribution in [0.1, 0.15) is 15.9 Å². The van der Waals surface area contributed by atoms with E-state index in [1.54, 1.807) is 12.1 Å². The zero-order valence-electron chi connectivity index (χ0n) is 15.8. The third kappa shape index (κ3) is 6.69. The Kier molecular flexibility index (Phi) is 8.03. The van der Waals surface area contributed by atoms with E-state index >= 15 is 0 Å². The number of methoxy groups -OCH3 is 1. The summed E-state index contributed by atoms with van der Waals surface area (Å²) in [4.78, 5) is 33.9. The monoisotopic (exact) mass is 424 g/mol. The maximum absolute atomic E-state index is 12.1. The van der Waals surface area contributed by atoms with E-state index in [-0.39, 0.29) is 23.6 Å². The minimum absolute atomic E-state index is 0.0296. The highest BCUT2D eigenvalue weighted by Crippen LogP contribution is 2.28. The third-order valence-corrected chi connectivity index (χ3v) is 3.82. The van der Waals surface area contributed by atoms with Crippen LogP contribution in [0.2, 0.25) is 0 Å². The van der Waals surface area contributed by atoms with Gasteiger partial charge in [0.25, 0.3) is 5.91 Å². The smallest absolute Gasteiger partial charge is 0.387 e. The molecule has 0 spiro atoms. The topological polar surface area (TPSA) is 117 Å². The molecule has 0 unspecified atom stereocenters. The lowest BCUT2D eigenvalue weighted by Crippen LogP contribution is -2.30. The van der Waals surface area contributed by atoms with Gasteiger partial charge in [-0.2, -0.15) is 8.78 Å². The molecule has 1 amide bonds. The van der Waals surface area contributed by atoms with Gasteiger partial charge in [-0.15, -0.1) is 0 Å². The number of nitrogens with one attached hydrogen (secondary N) is 1. The van der Waals surface area contributed by atoms with Gasteiger partial charge in [0.2, 0.25) is 0 Å². The van der Waals surface area contributed by atoms with E-state index in [9.17, 15) is 28.5 Å². The van der Waals surface area contributed by atoms with Crippen molar-refractivity contribution in [2.24, 2.45) is 0 Å². The maximum atomic E-state index is 12.1. The number of carbonyl (C=O) groups excluding carboxylic acids is 2. The number of alkyl halides is 2. The second kappa shape index (κ2) is 10.7. The molecule has 0 aliphatic heterocycles. The minimum Gasteiger partial charge on any atom is -0.477 e. The van der Waals surface area contributed by atoms with Crippen LogP contribution in [0.4, 0.5) is 14.5 Å². The first-order chi connectivity index (χ1) is 14.3. The van der Waals surface area contributed by atoms with Gasteiger partial charge in [-0.1, -0.05) is 12.1 Å². The lowest BCUT2D eigenvalue weighted by Gasteiger charge is -2.09. The molecule has 2 aromatic carbocycles. The van der Waals surface area contributed by atoms with Crippen LogP contribution in [0, 0.1) is 10.1 Å². The summed E-state index contributed by atoms with van der Waals surface area (Å²) >= 11 is 0. The Labute approximate surface area is 169 Å². The first-order valence-electron chi connectivity index (χ1n) is 8.60. The van der Waals surface area contributed by atoms with Crippen LogP contribution in [-0.2, 0) is 16.0 Å². The molecule has 1 N–H and O–H groups in total. The van der Waals surface area contributed by atoms with Crippen molar-refractivity contribution in [2.45, 2.75) is 13.0 Å². The summed E-state index contributed by atoms with van der Waals surface area (Å²) in [5.74, 6) is -1.45. The number of rotatable bonds is 10. The molecular formula is C19H18F2N2O7. The lowest BCUT2D eigenvalue weighted by atomic mass is 10.1. The Morgan fingerprint density at radius 2 is 1.87 bits per heavy atom. The number of carbonyl (C=O) groups is 2. The van der Waals surface area contributed by atoms with Gasteiger partial charge in [-0.25, -0.2) is 4.79 Å². The molecule has 0 aromatic heterocycles. The molecule has 0 fully saturated rings. The average molecular weight is 424 g/mol. The Morgan fingerprint density at radius 3 is 2.47 bits per heavy atom. The van der Waals surface area contributed by atoms with E-state index in [0.29, 0.717) is 6.42 Å². The zero-order valence-corrected chi connectivity index (χ0v) is 15.8. The second-order valence-corrected chi connectivity index (χ2v) is 5.84. The maximum Gasteiger partial charge on any atom is 0.387 e. The molecule has 0 bridgehead atoms. The van der Waals surface area contributed by atoms with E-state index in [2.05, 4.69) is 14.8 Å². The standard InChI is InChI=1S/C19H18F2N2O7/c1-28-18(25)13-4-7-15(23(26)27)16(10-13)29-11-17(24)22-9-8-12-2-5-14(6-3-12)30-19(20)21/h2-7,10,19H,8-9,11H2,1H3,(H,22,24). The van der Waals surface area contributed by atoms with Gasteiger partial charge in [-0.3, -0.25) is 14.9 Å². The van der Waals surface area contributed by atoms with E-state index < -0.39 is 35.7 Å². The molecule has 30 heavy (non-hydrogen) atoms. The number of nitro groups is 1. The lowest BCUT2D eigenvalue weighted by molar-refractivity contribution is -0.385. The van der Waals surface area contributed by atoms with Gasteiger partial charge >= 0.3 is 18.3 Å². The van der Waals surface area contributed by atoms with Gasteiger partial charge in [0.05, 0.1) is 17.6 Å². The Hall–Kier alpha value is -3.76. The molecule has 0 atom stereocenters. The predicted molar refractivity (Wildman–Crippen MR) is 99.7 cm³/mol. The third-order valence-electron chi connectivity index (χ3n) is 3.82. The normalized spacial score (nSPS) is 10.4. The summed E-state index contributed by atoms with van der Waals surface area (Å²) in [5.41, 5.74) is 0.415. The quantitative estimate of drug-likeness (QED) is 0.354. The minimum atomic E-state index is -2.90. The number of nitro benzene ring substituents is 1. The molecule has 0 aliphatic rings. The van der Waals surface area contributed by atoms with E-state index in [1.165, 1.54) is 18.2 Å². The number of nitrogens with zero attached hydrogens (tertiary/aromatic N) is 1. The van der Waals surface area contributed by atoms with Crippen molar-refractivity contribution in [1.29, 1.82) is 0 Å². The molecule has 11 heteroatoms. The molecule has 160 valence electrons. The van der Waals surface area contributed by atoms with E-state index in [4.69, 9.17) is 4.74 Å². The number of halogens is 2. The highest BCUT2D eigenvalue weighted by Gasteiger charge is 2.19. The summed E-state index contributed by atoms with van der Waals surface area (Å²) in [5, 5.41) is 13.7. The largest absolute Gasteiger partial charge is 0.477 e. The van der Waals surface area contributed by atoms with Gasteiger partial charge in [-0.05, 0) is 30.2 Å². The van der Waals surface area contributed by atoms with Gasteiger partial charge in [0.1, 0.15) is 5.75 Å². The Bertz CT molecular complexity index is 904. The zero-order chi connectivity index (χ0) is 22.1. The molecular weight excluding hydrogens is 406 g/mol. The Balaban J connectivity index is 1.87. The fraction of sp³-hybridized carbons (Fsp3) is 0.263. The number of esters is 1. The number of benzene rings is 2. The predicted octanol–water partition coefficient (Wildman–Crippen LogP) is 2.72. The summed E-state index contributed by atoms with van der Waals surface area (Å²) in [7, 11) is 1.16. The molecule has 9 nitrogen and oxygen atoms in total. The van der Waals surface area contributed by atoms with Crippen molar-refractivity contribution in [3.8, 4) is 11.5 Å². The van der Waals surface area contributed by atoms with Crippen molar-refractivity contribution in [2.75, 3.05) is 20.3 Å². The highest BCUT2D eigenvalue weighted by molar-refractivity contribution is 5.90. The van der Waals surface area contributed by atoms with Crippen LogP contribution in [0.5, 0.6) is 11.5 Å². The van der Waals surface area contributed by atoms with Crippen molar-refractivity contribution in [3.63, 3.8) is 0 Å². The molecule has 2 aromatic rings. The fourth-order valence-corrected chi connectivity index (χ4v) is 2.40. The number of hydrogen-bond donors (Lipinski definition) is 1. The van der Waals surface area contributed by atoms with Crippen molar-refractivity contribution in [3.05, 3.63) is 63.7 Å². The second-order valence-electron chi connectivity index (χ2n) is 5.84. The first kappa shape index (κ1) is 22.5. The first-order valence-corrected chi connectivity index (χ1v) is 8.60. The number of hydrogen-bond acceptors (Lipinski definition) is 7. The summed E-state index contributed by atoms with van der Waals surface area (Å²) in [6, 6.07) is 9.37. The van der Waals surface area contributed by atoms with Crippen molar-refractivity contribution < 1.29 is 37.5 Å². The van der Waals surface area contributed by atoms with E-state index in [1.807, 2.05) is 0 Å². The molecule has 0 aliphatic carbocycles. The van der Waals surface area contributed by atoms with Crippen molar-refractivity contribution >= 4 is 17.6 Å². The molecule has 0 saturated heterocycles. The Morgan fingerprint density at radius 1 is 1.17 bits per heavy atom.